The van der Waals surface area contributed by atoms with Gasteiger partial charge < -0.3 is 14.6 Å². The van der Waals surface area contributed by atoms with Crippen LogP contribution in [0, 0.1) is 20.8 Å². The highest BCUT2D eigenvalue weighted by molar-refractivity contribution is 5.95. The van der Waals surface area contributed by atoms with Crippen molar-refractivity contribution in [3.63, 3.8) is 0 Å². The molecule has 0 aliphatic rings. The van der Waals surface area contributed by atoms with Crippen molar-refractivity contribution in [1.29, 1.82) is 0 Å². The van der Waals surface area contributed by atoms with Crippen molar-refractivity contribution >= 4 is 5.91 Å². The molecule has 1 aromatic carbocycles. The average molecular weight is 381 g/mol. The van der Waals surface area contributed by atoms with Crippen molar-refractivity contribution in [1.82, 2.24) is 15.0 Å². The number of nitrogens with zero attached hydrogens (tertiary/aromatic N) is 2. The smallest absolute Gasteiger partial charge is 0.253 e. The van der Waals surface area contributed by atoms with Gasteiger partial charge in [0.15, 0.2) is 5.82 Å². The molecule has 0 radical (unpaired) electrons. The summed E-state index contributed by atoms with van der Waals surface area (Å²) in [6, 6.07) is 13.8. The van der Waals surface area contributed by atoms with E-state index in [2.05, 4.69) is 22.6 Å². The van der Waals surface area contributed by atoms with Crippen molar-refractivity contribution in [2.45, 2.75) is 40.2 Å². The van der Waals surface area contributed by atoms with Gasteiger partial charge in [-0.1, -0.05) is 35.5 Å². The Labute approximate surface area is 165 Å². The van der Waals surface area contributed by atoms with E-state index in [1.807, 2.05) is 62.6 Å². The first-order valence-electron chi connectivity index (χ1n) is 9.54. The van der Waals surface area contributed by atoms with Crippen LogP contribution in [-0.2, 0) is 4.74 Å². The monoisotopic (exact) mass is 381 g/mol. The number of benzene rings is 1. The van der Waals surface area contributed by atoms with E-state index in [0.29, 0.717) is 24.5 Å². The van der Waals surface area contributed by atoms with Crippen molar-refractivity contribution in [3.05, 3.63) is 70.7 Å². The summed E-state index contributed by atoms with van der Waals surface area (Å²) in [6.07, 6.45) is 0.797. The molecule has 6 heteroatoms. The highest BCUT2D eigenvalue weighted by Gasteiger charge is 2.18. The zero-order valence-electron chi connectivity index (χ0n) is 16.9. The quantitative estimate of drug-likeness (QED) is 0.591. The number of hydrogen-bond donors (Lipinski definition) is 1. The minimum atomic E-state index is -0.0873. The topological polar surface area (TPSA) is 69.3 Å². The molecule has 0 fully saturated rings. The van der Waals surface area contributed by atoms with Gasteiger partial charge in [0.25, 0.3) is 5.91 Å². The van der Waals surface area contributed by atoms with E-state index in [4.69, 9.17) is 9.26 Å². The van der Waals surface area contributed by atoms with Gasteiger partial charge in [-0.2, -0.15) is 0 Å². The zero-order valence-corrected chi connectivity index (χ0v) is 16.9. The van der Waals surface area contributed by atoms with E-state index in [9.17, 15) is 4.79 Å². The summed E-state index contributed by atoms with van der Waals surface area (Å²) in [4.78, 5) is 12.6. The van der Waals surface area contributed by atoms with Crippen molar-refractivity contribution < 1.29 is 14.1 Å². The first-order chi connectivity index (χ1) is 13.5. The lowest BCUT2D eigenvalue weighted by atomic mass is 10.1. The highest BCUT2D eigenvalue weighted by Crippen LogP contribution is 2.20. The SMILES string of the molecule is Cc1cc(-n2c(C)cc(C(=O)NCCCOC(C)c3ccccc3)c2C)no1. The second-order valence-electron chi connectivity index (χ2n) is 6.95. The van der Waals surface area contributed by atoms with E-state index in [-0.39, 0.29) is 12.0 Å². The van der Waals surface area contributed by atoms with E-state index >= 15 is 0 Å². The van der Waals surface area contributed by atoms with E-state index < -0.39 is 0 Å². The molecular weight excluding hydrogens is 354 g/mol. The fraction of sp³-hybridized carbons (Fsp3) is 0.364. The third-order valence-corrected chi connectivity index (χ3v) is 4.76. The molecule has 2 aromatic heterocycles. The fourth-order valence-electron chi connectivity index (χ4n) is 3.25. The maximum absolute atomic E-state index is 12.6. The number of carbonyl (C=O) groups excluding carboxylic acids is 1. The molecule has 0 spiro atoms. The number of hydrogen-bond acceptors (Lipinski definition) is 4. The zero-order chi connectivity index (χ0) is 20.1. The van der Waals surface area contributed by atoms with Gasteiger partial charge >= 0.3 is 0 Å². The predicted molar refractivity (Wildman–Crippen MR) is 108 cm³/mol. The van der Waals surface area contributed by atoms with Crippen LogP contribution in [-0.4, -0.2) is 28.8 Å². The molecular formula is C22H27N3O3. The Hall–Kier alpha value is -2.86. The molecule has 148 valence electrons. The standard InChI is InChI=1S/C22H27N3O3/c1-15-13-20(17(3)25(15)21-14-16(2)28-24-21)22(26)23-11-8-12-27-18(4)19-9-6-5-7-10-19/h5-7,9-10,13-14,18H,8,11-12H2,1-4H3,(H,23,26). The maximum Gasteiger partial charge on any atom is 0.253 e. The molecule has 0 aliphatic carbocycles. The fourth-order valence-corrected chi connectivity index (χ4v) is 3.25. The van der Waals surface area contributed by atoms with Gasteiger partial charge in [-0.15, -0.1) is 0 Å². The van der Waals surface area contributed by atoms with Gasteiger partial charge in [0.1, 0.15) is 5.76 Å². The molecule has 1 atom stereocenters. The Balaban J connectivity index is 1.50. The lowest BCUT2D eigenvalue weighted by Gasteiger charge is -2.13. The van der Waals surface area contributed by atoms with E-state index in [1.54, 1.807) is 0 Å². The van der Waals surface area contributed by atoms with Crippen molar-refractivity contribution in [2.24, 2.45) is 0 Å². The van der Waals surface area contributed by atoms with E-state index in [0.717, 1.165) is 29.1 Å². The molecule has 1 amide bonds. The molecule has 28 heavy (non-hydrogen) atoms. The van der Waals surface area contributed by atoms with Crippen LogP contribution >= 0.6 is 0 Å². The Kier molecular flexibility index (Phi) is 6.31. The van der Waals surface area contributed by atoms with E-state index in [1.165, 1.54) is 0 Å². The Bertz CT molecular complexity index is 928. The highest BCUT2D eigenvalue weighted by atomic mass is 16.5. The number of carbonyl (C=O) groups is 1. The third kappa shape index (κ3) is 4.51. The minimum absolute atomic E-state index is 0.0433. The van der Waals surface area contributed by atoms with Crippen molar-refractivity contribution in [2.75, 3.05) is 13.2 Å². The molecule has 0 bridgehead atoms. The molecule has 0 aliphatic heterocycles. The predicted octanol–water partition coefficient (Wildman–Crippen LogP) is 4.29. The molecule has 6 nitrogen and oxygen atoms in total. The summed E-state index contributed by atoms with van der Waals surface area (Å²) in [5, 5.41) is 7.02. The molecule has 3 aromatic rings. The summed E-state index contributed by atoms with van der Waals surface area (Å²) in [7, 11) is 0. The van der Waals surface area contributed by atoms with Crippen LogP contribution in [0.3, 0.4) is 0 Å². The average Bonchev–Trinajstić information content (AvgIpc) is 3.24. The van der Waals surface area contributed by atoms with Gasteiger partial charge in [-0.05, 0) is 45.7 Å². The summed E-state index contributed by atoms with van der Waals surface area (Å²) < 4.78 is 12.9. The second-order valence-corrected chi connectivity index (χ2v) is 6.95. The van der Waals surface area contributed by atoms with Gasteiger partial charge in [-0.25, -0.2) is 0 Å². The summed E-state index contributed by atoms with van der Waals surface area (Å²) in [6.45, 7) is 8.90. The van der Waals surface area contributed by atoms with Crippen LogP contribution in [0.5, 0.6) is 0 Å². The summed E-state index contributed by atoms with van der Waals surface area (Å²) in [5.74, 6) is 1.34. The minimum Gasteiger partial charge on any atom is -0.374 e. The molecule has 1 N–H and O–H groups in total. The normalized spacial score (nSPS) is 12.1. The van der Waals surface area contributed by atoms with Crippen LogP contribution in [0.4, 0.5) is 0 Å². The lowest BCUT2D eigenvalue weighted by molar-refractivity contribution is 0.0635. The summed E-state index contributed by atoms with van der Waals surface area (Å²) >= 11 is 0. The number of amides is 1. The molecule has 2 heterocycles. The number of aryl methyl sites for hydroxylation is 2. The number of ether oxygens (including phenoxy) is 1. The summed E-state index contributed by atoms with van der Waals surface area (Å²) in [5.41, 5.74) is 3.59. The molecule has 0 saturated carbocycles. The van der Waals surface area contributed by atoms with Gasteiger partial charge in [0, 0.05) is 30.6 Å². The Morgan fingerprint density at radius 3 is 2.64 bits per heavy atom. The first kappa shape index (κ1) is 19.9. The Morgan fingerprint density at radius 2 is 1.96 bits per heavy atom. The van der Waals surface area contributed by atoms with Crippen molar-refractivity contribution in [3.8, 4) is 5.82 Å². The van der Waals surface area contributed by atoms with Crippen LogP contribution in [0.2, 0.25) is 0 Å². The number of rotatable bonds is 8. The Morgan fingerprint density at radius 1 is 1.21 bits per heavy atom. The van der Waals surface area contributed by atoms with Gasteiger partial charge in [0.2, 0.25) is 0 Å². The van der Waals surface area contributed by atoms with Gasteiger partial charge in [0.05, 0.1) is 11.7 Å². The largest absolute Gasteiger partial charge is 0.374 e. The second kappa shape index (κ2) is 8.89. The van der Waals surface area contributed by atoms with Crippen LogP contribution < -0.4 is 5.32 Å². The maximum atomic E-state index is 12.6. The van der Waals surface area contributed by atoms with Crippen LogP contribution in [0.25, 0.3) is 5.82 Å². The molecule has 1 unspecified atom stereocenters. The first-order valence-corrected chi connectivity index (χ1v) is 9.54. The lowest BCUT2D eigenvalue weighted by Crippen LogP contribution is -2.25. The van der Waals surface area contributed by atoms with Gasteiger partial charge in [-0.3, -0.25) is 9.36 Å². The molecule has 3 rings (SSSR count). The number of aromatic nitrogens is 2. The molecule has 0 saturated heterocycles. The number of nitrogens with one attached hydrogen (secondary N) is 1. The third-order valence-electron chi connectivity index (χ3n) is 4.76. The van der Waals surface area contributed by atoms with Crippen LogP contribution in [0.1, 0.15) is 52.5 Å². The van der Waals surface area contributed by atoms with Crippen LogP contribution in [0.15, 0.2) is 47.0 Å².